The average Bonchev–Trinajstić information content (AvgIpc) is 3.29. The number of hydrogen-bond acceptors (Lipinski definition) is 5. The van der Waals surface area contributed by atoms with Gasteiger partial charge in [0, 0.05) is 47.5 Å². The molecule has 1 aromatic carbocycles. The van der Waals surface area contributed by atoms with Gasteiger partial charge in [-0.2, -0.15) is 18.3 Å². The smallest absolute Gasteiger partial charge is 0.335 e. The Labute approximate surface area is 181 Å². The lowest BCUT2D eigenvalue weighted by Crippen LogP contribution is -2.23. The Hall–Kier alpha value is -3.88. The van der Waals surface area contributed by atoms with E-state index in [9.17, 15) is 17.6 Å². The molecule has 0 radical (unpaired) electrons. The Kier molecular flexibility index (Phi) is 5.81. The molecule has 0 atom stereocenters. The molecule has 0 fully saturated rings. The molecule has 4 rings (SSSR count). The quantitative estimate of drug-likeness (QED) is 0.483. The lowest BCUT2D eigenvalue weighted by Gasteiger charge is -2.27. The Morgan fingerprint density at radius 2 is 1.81 bits per heavy atom. The molecule has 0 aliphatic carbocycles. The highest BCUT2D eigenvalue weighted by atomic mass is 19.4. The second-order valence-corrected chi connectivity index (χ2v) is 7.05. The molecule has 2 aromatic heterocycles. The van der Waals surface area contributed by atoms with Gasteiger partial charge in [-0.15, -0.1) is 5.10 Å². The van der Waals surface area contributed by atoms with Crippen molar-refractivity contribution >= 4 is 22.8 Å². The first-order valence-corrected chi connectivity index (χ1v) is 9.59. The molecular weight excluding hydrogens is 422 g/mol. The van der Waals surface area contributed by atoms with Crippen molar-refractivity contribution in [3.63, 3.8) is 0 Å². The van der Waals surface area contributed by atoms with Crippen LogP contribution in [0.3, 0.4) is 0 Å². The maximum absolute atomic E-state index is 13.9. The van der Waals surface area contributed by atoms with Crippen LogP contribution >= 0.6 is 0 Å². The molecule has 32 heavy (non-hydrogen) atoms. The zero-order chi connectivity index (χ0) is 22.7. The second kappa shape index (κ2) is 8.70. The first kappa shape index (κ1) is 21.4. The van der Waals surface area contributed by atoms with Crippen molar-refractivity contribution in [2.75, 3.05) is 4.90 Å². The summed E-state index contributed by atoms with van der Waals surface area (Å²) < 4.78 is 52.3. The summed E-state index contributed by atoms with van der Waals surface area (Å²) in [6, 6.07) is 13.0. The summed E-state index contributed by atoms with van der Waals surface area (Å²) in [5, 5.41) is 6.87. The molecule has 1 aliphatic heterocycles. The number of pyridine rings is 2. The van der Waals surface area contributed by atoms with Gasteiger partial charge >= 0.3 is 6.18 Å². The number of halogens is 4. The van der Waals surface area contributed by atoms with Crippen LogP contribution in [0, 0.1) is 5.82 Å². The third kappa shape index (κ3) is 4.72. The summed E-state index contributed by atoms with van der Waals surface area (Å²) >= 11 is 0. The first-order valence-electron chi connectivity index (χ1n) is 9.59. The Morgan fingerprint density at radius 1 is 1.03 bits per heavy atom. The zero-order valence-electron chi connectivity index (χ0n) is 16.7. The molecule has 1 aliphatic rings. The van der Waals surface area contributed by atoms with E-state index in [1.165, 1.54) is 18.3 Å². The molecule has 9 heteroatoms. The molecule has 3 aromatic rings. The van der Waals surface area contributed by atoms with E-state index in [4.69, 9.17) is 0 Å². The van der Waals surface area contributed by atoms with E-state index in [1.54, 1.807) is 53.7 Å². The predicted octanol–water partition coefficient (Wildman–Crippen LogP) is 5.40. The van der Waals surface area contributed by atoms with Crippen molar-refractivity contribution in [3.05, 3.63) is 96.3 Å². The van der Waals surface area contributed by atoms with E-state index in [2.05, 4.69) is 26.7 Å². The van der Waals surface area contributed by atoms with Crippen LogP contribution in [0.2, 0.25) is 0 Å². The average molecular weight is 439 g/mol. The van der Waals surface area contributed by atoms with Crippen molar-refractivity contribution in [3.8, 4) is 0 Å². The lowest BCUT2D eigenvalue weighted by molar-refractivity contribution is -0.0596. The molecule has 0 unspecified atom stereocenters. The van der Waals surface area contributed by atoms with Crippen LogP contribution in [0.4, 0.5) is 23.2 Å². The molecule has 0 spiro atoms. The minimum absolute atomic E-state index is 0.208. The summed E-state index contributed by atoms with van der Waals surface area (Å²) in [6.07, 6.45) is -0.161. The van der Waals surface area contributed by atoms with Gasteiger partial charge in [0.1, 0.15) is 11.5 Å². The fourth-order valence-corrected chi connectivity index (χ4v) is 3.20. The number of anilines is 1. The van der Waals surface area contributed by atoms with E-state index in [1.807, 2.05) is 0 Å². The van der Waals surface area contributed by atoms with Crippen molar-refractivity contribution in [1.29, 1.82) is 0 Å². The van der Waals surface area contributed by atoms with Crippen LogP contribution in [0.15, 0.2) is 83.9 Å². The summed E-state index contributed by atoms with van der Waals surface area (Å²) in [5.41, 5.74) is 2.36. The molecule has 0 saturated heterocycles. The van der Waals surface area contributed by atoms with E-state index < -0.39 is 24.1 Å². The Bertz CT molecular complexity index is 1190. The predicted molar refractivity (Wildman–Crippen MR) is 115 cm³/mol. The fourth-order valence-electron chi connectivity index (χ4n) is 3.20. The van der Waals surface area contributed by atoms with Crippen LogP contribution in [0.5, 0.6) is 0 Å². The molecule has 0 bridgehead atoms. The van der Waals surface area contributed by atoms with Crippen LogP contribution in [0.25, 0.3) is 5.70 Å². The topological polar surface area (TPSA) is 53.7 Å². The van der Waals surface area contributed by atoms with E-state index in [0.717, 1.165) is 5.56 Å². The van der Waals surface area contributed by atoms with E-state index >= 15 is 0 Å². The maximum Gasteiger partial charge on any atom is 0.431 e. The molecular formula is C23H17F4N5. The molecule has 0 saturated carbocycles. The summed E-state index contributed by atoms with van der Waals surface area (Å²) in [7, 11) is 0. The molecule has 0 N–H and O–H groups in total. The highest BCUT2D eigenvalue weighted by molar-refractivity contribution is 6.16. The molecule has 162 valence electrons. The maximum atomic E-state index is 13.9. The number of benzene rings is 1. The second-order valence-electron chi connectivity index (χ2n) is 7.05. The van der Waals surface area contributed by atoms with Crippen LogP contribution in [-0.2, 0) is 6.54 Å². The monoisotopic (exact) mass is 439 g/mol. The number of hydrogen-bond donors (Lipinski definition) is 0. The van der Waals surface area contributed by atoms with Crippen LogP contribution in [0.1, 0.15) is 23.2 Å². The summed E-state index contributed by atoms with van der Waals surface area (Å²) in [4.78, 5) is 10.2. The van der Waals surface area contributed by atoms with Gasteiger partial charge in [-0.25, -0.2) is 4.39 Å². The van der Waals surface area contributed by atoms with Crippen LogP contribution in [-0.4, -0.2) is 27.6 Å². The van der Waals surface area contributed by atoms with Gasteiger partial charge in [0.05, 0.1) is 18.0 Å². The zero-order valence-corrected chi connectivity index (χ0v) is 16.7. The number of aromatic nitrogens is 2. The highest BCUT2D eigenvalue weighted by Crippen LogP contribution is 2.28. The molecule has 3 heterocycles. The third-order valence-electron chi connectivity index (χ3n) is 4.89. The molecule has 5 nitrogen and oxygen atoms in total. The largest absolute Gasteiger partial charge is 0.431 e. The molecule has 0 amide bonds. The van der Waals surface area contributed by atoms with Gasteiger partial charge in [0.2, 0.25) is 0 Å². The SMILES string of the molecule is C=C(c1ccncc1)N(Cc1ccc(C2=NN=C(C(F)(F)F)C2)cn1)c1cccc(F)c1. The summed E-state index contributed by atoms with van der Waals surface area (Å²) in [5.74, 6) is -0.391. The van der Waals surface area contributed by atoms with E-state index in [-0.39, 0.29) is 12.3 Å². The van der Waals surface area contributed by atoms with Crippen molar-refractivity contribution < 1.29 is 17.6 Å². The Balaban J connectivity index is 1.56. The van der Waals surface area contributed by atoms with Gasteiger partial charge in [-0.3, -0.25) is 9.97 Å². The first-order chi connectivity index (χ1) is 15.3. The van der Waals surface area contributed by atoms with Crippen molar-refractivity contribution in [1.82, 2.24) is 9.97 Å². The van der Waals surface area contributed by atoms with Crippen LogP contribution < -0.4 is 4.90 Å². The van der Waals surface area contributed by atoms with Gasteiger partial charge in [-0.1, -0.05) is 12.6 Å². The Morgan fingerprint density at radius 3 is 2.44 bits per heavy atom. The lowest BCUT2D eigenvalue weighted by atomic mass is 10.1. The van der Waals surface area contributed by atoms with Crippen molar-refractivity contribution in [2.24, 2.45) is 10.2 Å². The van der Waals surface area contributed by atoms with Gasteiger partial charge in [0.15, 0.2) is 0 Å². The van der Waals surface area contributed by atoms with Gasteiger partial charge < -0.3 is 4.90 Å². The third-order valence-corrected chi connectivity index (χ3v) is 4.89. The van der Waals surface area contributed by atoms with Gasteiger partial charge in [0.25, 0.3) is 0 Å². The van der Waals surface area contributed by atoms with E-state index in [0.29, 0.717) is 22.6 Å². The number of nitrogens with zero attached hydrogens (tertiary/aromatic N) is 5. The fraction of sp³-hybridized carbons (Fsp3) is 0.130. The number of rotatable bonds is 6. The minimum Gasteiger partial charge on any atom is -0.335 e. The highest BCUT2D eigenvalue weighted by Gasteiger charge is 2.38. The summed E-state index contributed by atoms with van der Waals surface area (Å²) in [6.45, 7) is 4.41. The van der Waals surface area contributed by atoms with Gasteiger partial charge in [-0.05, 0) is 42.5 Å². The minimum atomic E-state index is -4.50. The number of alkyl halides is 3. The standard InChI is InChI=1S/C23H17F4N5/c1-15(16-7-9-28-10-8-16)32(20-4-2-3-18(24)11-20)14-19-6-5-17(13-29-19)21-12-22(31-30-21)23(25,26)27/h2-11,13H,1,12,14H2. The normalized spacial score (nSPS) is 13.5. The van der Waals surface area contributed by atoms with Crippen molar-refractivity contribution in [2.45, 2.75) is 19.1 Å².